The average molecular weight is 478 g/mol. The smallest absolute Gasteiger partial charge is 0.369 e. The molecule has 1 aromatic heterocycles. The summed E-state index contributed by atoms with van der Waals surface area (Å²) in [6.45, 7) is 0.811. The van der Waals surface area contributed by atoms with E-state index in [4.69, 9.17) is 5.73 Å². The van der Waals surface area contributed by atoms with E-state index in [-0.39, 0.29) is 35.4 Å². The molecule has 180 valence electrons. The van der Waals surface area contributed by atoms with Crippen LogP contribution in [0, 0.1) is 5.92 Å². The Hall–Kier alpha value is -3.90. The second kappa shape index (κ2) is 8.80. The van der Waals surface area contributed by atoms with E-state index in [0.717, 1.165) is 18.2 Å². The maximum atomic E-state index is 13.0. The van der Waals surface area contributed by atoms with Crippen molar-refractivity contribution in [3.8, 4) is 0 Å². The van der Waals surface area contributed by atoms with Gasteiger partial charge in [0.2, 0.25) is 23.7 Å². The Morgan fingerprint density at radius 2 is 1.88 bits per heavy atom. The first-order valence-corrected chi connectivity index (χ1v) is 10.5. The Bertz CT molecular complexity index is 1200. The third-order valence-corrected chi connectivity index (χ3v) is 5.91. The van der Waals surface area contributed by atoms with Crippen LogP contribution in [-0.2, 0) is 20.6 Å². The van der Waals surface area contributed by atoms with Gasteiger partial charge in [-0.25, -0.2) is 0 Å². The van der Waals surface area contributed by atoms with Gasteiger partial charge in [0, 0.05) is 31.1 Å². The number of benzene rings is 1. The number of amides is 3. The summed E-state index contributed by atoms with van der Waals surface area (Å²) in [5, 5.41) is 4.84. The van der Waals surface area contributed by atoms with Gasteiger partial charge >= 0.3 is 6.18 Å². The van der Waals surface area contributed by atoms with Gasteiger partial charge in [-0.1, -0.05) is 6.07 Å². The number of nitrogens with two attached hydrogens (primary N) is 1. The van der Waals surface area contributed by atoms with Crippen LogP contribution in [0.15, 0.2) is 29.1 Å². The number of nitrogens with zero attached hydrogens (tertiary/aromatic N) is 2. The van der Waals surface area contributed by atoms with Gasteiger partial charge in [0.15, 0.2) is 0 Å². The number of carbonyl (C=O) groups excluding carboxylic acids is 3. The SMILES string of the molecule is NC(=O)C1CCN(c2nc3c(c(=O)[nH]2)C(C(=O)Nc2cccc(C(F)(F)F)c2)CC(=O)N3)CC1. The number of hydrogen-bond donors (Lipinski definition) is 4. The summed E-state index contributed by atoms with van der Waals surface area (Å²) in [7, 11) is 0. The lowest BCUT2D eigenvalue weighted by Gasteiger charge is -2.32. The number of anilines is 3. The van der Waals surface area contributed by atoms with Crippen molar-refractivity contribution in [2.45, 2.75) is 31.4 Å². The minimum Gasteiger partial charge on any atom is -0.369 e. The minimum atomic E-state index is -4.60. The molecule has 3 heterocycles. The van der Waals surface area contributed by atoms with Crippen molar-refractivity contribution in [2.24, 2.45) is 11.7 Å². The van der Waals surface area contributed by atoms with Gasteiger partial charge in [-0.05, 0) is 31.0 Å². The number of halogens is 3. The second-order valence-corrected chi connectivity index (χ2v) is 8.19. The van der Waals surface area contributed by atoms with Crippen molar-refractivity contribution in [1.29, 1.82) is 0 Å². The summed E-state index contributed by atoms with van der Waals surface area (Å²) in [6.07, 6.45) is -4.01. The largest absolute Gasteiger partial charge is 0.416 e. The van der Waals surface area contributed by atoms with Crippen LogP contribution < -0.4 is 26.8 Å². The van der Waals surface area contributed by atoms with E-state index >= 15 is 0 Å². The topological polar surface area (TPSA) is 150 Å². The van der Waals surface area contributed by atoms with Gasteiger partial charge in [-0.3, -0.25) is 24.2 Å². The first-order valence-electron chi connectivity index (χ1n) is 10.5. The molecule has 2 aliphatic rings. The van der Waals surface area contributed by atoms with Crippen LogP contribution in [-0.4, -0.2) is 40.8 Å². The predicted molar refractivity (Wildman–Crippen MR) is 115 cm³/mol. The summed E-state index contributed by atoms with van der Waals surface area (Å²) in [6, 6.07) is 4.05. The van der Waals surface area contributed by atoms with Crippen LogP contribution in [0.4, 0.5) is 30.6 Å². The predicted octanol–water partition coefficient (Wildman–Crippen LogP) is 1.55. The third kappa shape index (κ3) is 4.72. The molecule has 2 aliphatic heterocycles. The molecule has 1 fully saturated rings. The van der Waals surface area contributed by atoms with Crippen LogP contribution in [0.2, 0.25) is 0 Å². The second-order valence-electron chi connectivity index (χ2n) is 8.19. The van der Waals surface area contributed by atoms with Gasteiger partial charge < -0.3 is 21.3 Å². The fourth-order valence-corrected chi connectivity index (χ4v) is 4.11. The summed E-state index contributed by atoms with van der Waals surface area (Å²) >= 11 is 0. The minimum absolute atomic E-state index is 0.0835. The molecular formula is C21H21F3N6O4. The number of aromatic amines is 1. The van der Waals surface area contributed by atoms with Crippen LogP contribution in [0.1, 0.15) is 36.3 Å². The van der Waals surface area contributed by atoms with E-state index in [1.54, 1.807) is 4.90 Å². The molecule has 0 saturated carbocycles. The number of H-pyrrole nitrogens is 1. The number of alkyl halides is 3. The van der Waals surface area contributed by atoms with E-state index in [9.17, 15) is 32.3 Å². The lowest BCUT2D eigenvalue weighted by atomic mass is 9.92. The van der Waals surface area contributed by atoms with Crippen molar-refractivity contribution in [3.05, 3.63) is 45.7 Å². The lowest BCUT2D eigenvalue weighted by Crippen LogP contribution is -2.41. The van der Waals surface area contributed by atoms with E-state index in [2.05, 4.69) is 20.6 Å². The Labute approximate surface area is 190 Å². The number of fused-ring (bicyclic) bond motifs is 1. The number of primary amides is 1. The van der Waals surface area contributed by atoms with Gasteiger partial charge in [0.25, 0.3) is 5.56 Å². The molecule has 34 heavy (non-hydrogen) atoms. The molecule has 13 heteroatoms. The summed E-state index contributed by atoms with van der Waals surface area (Å²) < 4.78 is 38.9. The highest BCUT2D eigenvalue weighted by Crippen LogP contribution is 2.33. The van der Waals surface area contributed by atoms with E-state index in [0.29, 0.717) is 25.9 Å². The zero-order valence-corrected chi connectivity index (χ0v) is 17.7. The molecule has 5 N–H and O–H groups in total. The maximum Gasteiger partial charge on any atom is 0.416 e. The summed E-state index contributed by atoms with van der Waals surface area (Å²) in [5.41, 5.74) is 3.54. The van der Waals surface area contributed by atoms with E-state index in [1.807, 2.05) is 0 Å². The van der Waals surface area contributed by atoms with Crippen molar-refractivity contribution in [2.75, 3.05) is 28.6 Å². The number of aromatic nitrogens is 2. The average Bonchev–Trinajstić information content (AvgIpc) is 2.77. The van der Waals surface area contributed by atoms with Gasteiger partial charge in [0.05, 0.1) is 17.0 Å². The lowest BCUT2D eigenvalue weighted by molar-refractivity contribution is -0.137. The quantitative estimate of drug-likeness (QED) is 0.524. The number of rotatable bonds is 4. The zero-order valence-electron chi connectivity index (χ0n) is 17.7. The van der Waals surface area contributed by atoms with Gasteiger partial charge in [-0.15, -0.1) is 0 Å². The molecule has 0 radical (unpaired) electrons. The molecule has 4 rings (SSSR count). The fourth-order valence-electron chi connectivity index (χ4n) is 4.11. The monoisotopic (exact) mass is 478 g/mol. The van der Waals surface area contributed by atoms with Crippen LogP contribution in [0.3, 0.4) is 0 Å². The van der Waals surface area contributed by atoms with E-state index < -0.39 is 40.9 Å². The Kier molecular flexibility index (Phi) is 6.02. The molecule has 0 bridgehead atoms. The van der Waals surface area contributed by atoms with Crippen molar-refractivity contribution in [1.82, 2.24) is 9.97 Å². The zero-order chi connectivity index (χ0) is 24.6. The number of piperidine rings is 1. The summed E-state index contributed by atoms with van der Waals surface area (Å²) in [4.78, 5) is 58.0. The molecule has 2 aromatic rings. The summed E-state index contributed by atoms with van der Waals surface area (Å²) in [5.74, 6) is -3.20. The molecule has 0 aliphatic carbocycles. The number of carbonyl (C=O) groups is 3. The highest BCUT2D eigenvalue weighted by atomic mass is 19.4. The normalized spacial score (nSPS) is 18.7. The molecular weight excluding hydrogens is 457 g/mol. The Morgan fingerprint density at radius 3 is 2.53 bits per heavy atom. The van der Waals surface area contributed by atoms with Crippen LogP contribution in [0.25, 0.3) is 0 Å². The van der Waals surface area contributed by atoms with Gasteiger partial charge in [0.1, 0.15) is 5.82 Å². The fraction of sp³-hybridized carbons (Fsp3) is 0.381. The number of nitrogens with one attached hydrogen (secondary N) is 3. The Morgan fingerprint density at radius 1 is 1.18 bits per heavy atom. The molecule has 1 atom stereocenters. The van der Waals surface area contributed by atoms with Crippen molar-refractivity contribution in [3.63, 3.8) is 0 Å². The highest BCUT2D eigenvalue weighted by molar-refractivity contribution is 6.04. The van der Waals surface area contributed by atoms with E-state index in [1.165, 1.54) is 6.07 Å². The molecule has 0 spiro atoms. The van der Waals surface area contributed by atoms with Crippen molar-refractivity contribution >= 4 is 35.2 Å². The highest BCUT2D eigenvalue weighted by Gasteiger charge is 2.36. The van der Waals surface area contributed by atoms with Crippen molar-refractivity contribution < 1.29 is 27.6 Å². The molecule has 1 aromatic carbocycles. The third-order valence-electron chi connectivity index (χ3n) is 5.91. The molecule has 1 saturated heterocycles. The van der Waals surface area contributed by atoms with Crippen LogP contribution >= 0.6 is 0 Å². The number of hydrogen-bond acceptors (Lipinski definition) is 6. The maximum absolute atomic E-state index is 13.0. The molecule has 10 nitrogen and oxygen atoms in total. The first-order chi connectivity index (χ1) is 16.0. The standard InChI is InChI=1S/C21H21F3N6O4/c22-21(23,24)11-2-1-3-12(8-11)26-18(33)13-9-14(31)27-17-15(13)19(34)29-20(28-17)30-6-4-10(5-7-30)16(25)32/h1-3,8,10,13H,4-7,9H2,(H2,25,32)(H,26,33)(H2,27,28,29,31,34). The molecule has 3 amide bonds. The Balaban J connectivity index is 1.58. The van der Waals surface area contributed by atoms with Crippen LogP contribution in [0.5, 0.6) is 0 Å². The van der Waals surface area contributed by atoms with Gasteiger partial charge in [-0.2, -0.15) is 18.2 Å². The first kappa shape index (κ1) is 23.3. The molecule has 1 unspecified atom stereocenters.